The van der Waals surface area contributed by atoms with Crippen LogP contribution >= 0.6 is 0 Å². The highest BCUT2D eigenvalue weighted by molar-refractivity contribution is 5.92. The second kappa shape index (κ2) is 9.12. The molecule has 3 amide bonds. The summed E-state index contributed by atoms with van der Waals surface area (Å²) in [6.45, 7) is 9.48. The molecule has 0 aliphatic carbocycles. The van der Waals surface area contributed by atoms with Gasteiger partial charge in [-0.2, -0.15) is 0 Å². The van der Waals surface area contributed by atoms with Gasteiger partial charge in [-0.25, -0.2) is 4.79 Å². The van der Waals surface area contributed by atoms with Crippen LogP contribution in [-0.2, 0) is 11.2 Å². The minimum Gasteiger partial charge on any atom is -0.334 e. The number of benzene rings is 2. The molecular formula is C24H31N3O2. The Hall–Kier alpha value is -2.82. The molecule has 0 aromatic heterocycles. The smallest absolute Gasteiger partial charge is 0.322 e. The van der Waals surface area contributed by atoms with E-state index in [0.717, 1.165) is 17.7 Å². The highest BCUT2D eigenvalue weighted by Gasteiger charge is 2.29. The number of anilines is 1. The Balaban J connectivity index is 1.70. The summed E-state index contributed by atoms with van der Waals surface area (Å²) < 4.78 is 0. The van der Waals surface area contributed by atoms with Crippen LogP contribution in [0.4, 0.5) is 10.5 Å². The summed E-state index contributed by atoms with van der Waals surface area (Å²) in [4.78, 5) is 29.5. The maximum Gasteiger partial charge on any atom is 0.322 e. The fraction of sp³-hybridized carbons (Fsp3) is 0.417. The number of amides is 3. The number of aryl methyl sites for hydroxylation is 1. The van der Waals surface area contributed by atoms with Gasteiger partial charge in [0.2, 0.25) is 5.91 Å². The second-order valence-corrected chi connectivity index (χ2v) is 8.28. The number of nitrogens with zero attached hydrogens (tertiary/aromatic N) is 2. The van der Waals surface area contributed by atoms with E-state index in [9.17, 15) is 9.59 Å². The van der Waals surface area contributed by atoms with Gasteiger partial charge in [0, 0.05) is 18.8 Å². The first-order valence-corrected chi connectivity index (χ1v) is 10.3. The van der Waals surface area contributed by atoms with Gasteiger partial charge in [-0.1, -0.05) is 55.8 Å². The molecule has 2 aromatic carbocycles. The minimum absolute atomic E-state index is 0.00768. The zero-order valence-corrected chi connectivity index (χ0v) is 17.8. The van der Waals surface area contributed by atoms with Crippen LogP contribution in [-0.4, -0.2) is 41.4 Å². The number of hydrogen-bond acceptors (Lipinski definition) is 2. The summed E-state index contributed by atoms with van der Waals surface area (Å²) >= 11 is 0. The normalized spacial score (nSPS) is 15.8. The van der Waals surface area contributed by atoms with Crippen molar-refractivity contribution in [3.63, 3.8) is 0 Å². The molecule has 3 rings (SSSR count). The number of carbonyl (C=O) groups excluding carboxylic acids is 2. The van der Waals surface area contributed by atoms with Crippen molar-refractivity contribution < 1.29 is 9.59 Å². The van der Waals surface area contributed by atoms with Crippen LogP contribution in [0, 0.1) is 12.8 Å². The lowest BCUT2D eigenvalue weighted by Crippen LogP contribution is -2.48. The molecule has 0 saturated carbocycles. The van der Waals surface area contributed by atoms with Crippen molar-refractivity contribution >= 4 is 17.6 Å². The molecule has 154 valence electrons. The van der Waals surface area contributed by atoms with E-state index in [1.165, 1.54) is 11.1 Å². The molecule has 0 radical (unpaired) electrons. The molecule has 0 fully saturated rings. The SMILES string of the molecule is Cc1ccc(NC(=O)N(CC(=O)N2CCc3ccccc3C2C)CC(C)C)cc1. The Morgan fingerprint density at radius 3 is 2.52 bits per heavy atom. The van der Waals surface area contributed by atoms with Crippen LogP contribution in [0.3, 0.4) is 0 Å². The van der Waals surface area contributed by atoms with E-state index in [4.69, 9.17) is 0 Å². The molecule has 0 spiro atoms. The number of carbonyl (C=O) groups is 2. The van der Waals surface area contributed by atoms with Crippen LogP contribution in [0.5, 0.6) is 0 Å². The molecule has 1 N–H and O–H groups in total. The summed E-state index contributed by atoms with van der Waals surface area (Å²) in [5.41, 5.74) is 4.38. The van der Waals surface area contributed by atoms with E-state index in [-0.39, 0.29) is 30.4 Å². The molecule has 1 heterocycles. The van der Waals surface area contributed by atoms with Gasteiger partial charge in [-0.15, -0.1) is 0 Å². The lowest BCUT2D eigenvalue weighted by atomic mass is 9.93. The highest BCUT2D eigenvalue weighted by Crippen LogP contribution is 2.29. The highest BCUT2D eigenvalue weighted by atomic mass is 16.2. The Kier molecular flexibility index (Phi) is 6.57. The van der Waals surface area contributed by atoms with E-state index in [1.54, 1.807) is 4.90 Å². The van der Waals surface area contributed by atoms with Gasteiger partial charge in [0.25, 0.3) is 0 Å². The molecule has 1 unspecified atom stereocenters. The minimum atomic E-state index is -0.235. The molecule has 5 nitrogen and oxygen atoms in total. The average molecular weight is 394 g/mol. The number of nitrogens with one attached hydrogen (secondary N) is 1. The van der Waals surface area contributed by atoms with Gasteiger partial charge in [-0.05, 0) is 49.4 Å². The fourth-order valence-corrected chi connectivity index (χ4v) is 3.87. The molecule has 0 saturated heterocycles. The molecule has 0 bridgehead atoms. The third-order valence-electron chi connectivity index (χ3n) is 5.42. The van der Waals surface area contributed by atoms with Gasteiger partial charge < -0.3 is 15.1 Å². The number of fused-ring (bicyclic) bond motifs is 1. The van der Waals surface area contributed by atoms with Crippen molar-refractivity contribution in [3.05, 3.63) is 65.2 Å². The maximum absolute atomic E-state index is 13.1. The fourth-order valence-electron chi connectivity index (χ4n) is 3.87. The molecule has 5 heteroatoms. The van der Waals surface area contributed by atoms with Crippen molar-refractivity contribution in [1.82, 2.24) is 9.80 Å². The number of hydrogen-bond donors (Lipinski definition) is 1. The summed E-state index contributed by atoms with van der Waals surface area (Å²) in [6, 6.07) is 15.8. The van der Waals surface area contributed by atoms with E-state index in [0.29, 0.717) is 13.1 Å². The van der Waals surface area contributed by atoms with E-state index in [2.05, 4.69) is 38.2 Å². The Morgan fingerprint density at radius 2 is 1.83 bits per heavy atom. The van der Waals surface area contributed by atoms with Crippen molar-refractivity contribution in [1.29, 1.82) is 0 Å². The third-order valence-corrected chi connectivity index (χ3v) is 5.42. The van der Waals surface area contributed by atoms with Crippen LogP contribution < -0.4 is 5.32 Å². The molecule has 29 heavy (non-hydrogen) atoms. The largest absolute Gasteiger partial charge is 0.334 e. The standard InChI is InChI=1S/C24H31N3O2/c1-17(2)15-26(24(29)25-21-11-9-18(3)10-12-21)16-23(28)27-14-13-20-7-5-6-8-22(20)19(27)4/h5-12,17,19H,13-16H2,1-4H3,(H,25,29). The first kappa shape index (κ1) is 20.9. The van der Waals surface area contributed by atoms with Crippen LogP contribution in [0.25, 0.3) is 0 Å². The van der Waals surface area contributed by atoms with Gasteiger partial charge >= 0.3 is 6.03 Å². The lowest BCUT2D eigenvalue weighted by molar-refractivity contribution is -0.134. The van der Waals surface area contributed by atoms with Gasteiger partial charge in [0.1, 0.15) is 6.54 Å². The Bertz CT molecular complexity index is 861. The summed E-state index contributed by atoms with van der Waals surface area (Å²) in [7, 11) is 0. The topological polar surface area (TPSA) is 52.7 Å². The van der Waals surface area contributed by atoms with E-state index < -0.39 is 0 Å². The zero-order chi connectivity index (χ0) is 21.0. The predicted octanol–water partition coefficient (Wildman–Crippen LogP) is 4.63. The summed E-state index contributed by atoms with van der Waals surface area (Å²) in [5, 5.41) is 2.93. The number of urea groups is 1. The summed E-state index contributed by atoms with van der Waals surface area (Å²) in [5.74, 6) is 0.262. The van der Waals surface area contributed by atoms with Crippen molar-refractivity contribution in [2.24, 2.45) is 5.92 Å². The lowest BCUT2D eigenvalue weighted by Gasteiger charge is -2.37. The van der Waals surface area contributed by atoms with Gasteiger partial charge in [0.05, 0.1) is 6.04 Å². The van der Waals surface area contributed by atoms with Crippen LogP contribution in [0.1, 0.15) is 43.5 Å². The number of rotatable bonds is 5. The molecule has 1 aliphatic rings. The third kappa shape index (κ3) is 5.17. The second-order valence-electron chi connectivity index (χ2n) is 8.28. The predicted molar refractivity (Wildman–Crippen MR) is 117 cm³/mol. The first-order valence-electron chi connectivity index (χ1n) is 10.3. The zero-order valence-electron chi connectivity index (χ0n) is 17.8. The molecular weight excluding hydrogens is 362 g/mol. The van der Waals surface area contributed by atoms with Crippen molar-refractivity contribution in [2.75, 3.05) is 25.0 Å². The van der Waals surface area contributed by atoms with Crippen LogP contribution in [0.2, 0.25) is 0 Å². The Morgan fingerprint density at radius 1 is 1.14 bits per heavy atom. The average Bonchev–Trinajstić information content (AvgIpc) is 2.69. The first-order chi connectivity index (χ1) is 13.8. The van der Waals surface area contributed by atoms with Gasteiger partial charge in [0.15, 0.2) is 0 Å². The van der Waals surface area contributed by atoms with Crippen molar-refractivity contribution in [2.45, 2.75) is 40.2 Å². The van der Waals surface area contributed by atoms with Gasteiger partial charge in [-0.3, -0.25) is 4.79 Å². The van der Waals surface area contributed by atoms with E-state index in [1.807, 2.05) is 48.2 Å². The van der Waals surface area contributed by atoms with E-state index >= 15 is 0 Å². The maximum atomic E-state index is 13.1. The molecule has 2 aromatic rings. The Labute approximate surface area is 173 Å². The molecule has 1 aliphatic heterocycles. The van der Waals surface area contributed by atoms with Crippen LogP contribution in [0.15, 0.2) is 48.5 Å². The van der Waals surface area contributed by atoms with Crippen molar-refractivity contribution in [3.8, 4) is 0 Å². The summed E-state index contributed by atoms with van der Waals surface area (Å²) in [6.07, 6.45) is 0.853. The quantitative estimate of drug-likeness (QED) is 0.805. The monoisotopic (exact) mass is 393 g/mol. The molecule has 1 atom stereocenters.